The first-order valence-corrected chi connectivity index (χ1v) is 3.14. The largest absolute Gasteiger partial charge is 0.498 e. The zero-order chi connectivity index (χ0) is 5.98. The minimum Gasteiger partial charge on any atom is -0.498 e. The predicted octanol–water partition coefficient (Wildman–Crippen LogP) is 1.95. The smallest absolute Gasteiger partial charge is 0.0940 e. The van der Waals surface area contributed by atoms with Crippen LogP contribution in [0.25, 0.3) is 0 Å². The monoisotopic (exact) mass is 112 g/mol. The molecule has 1 rings (SSSR count). The molecule has 1 nitrogen and oxygen atoms in total. The summed E-state index contributed by atoms with van der Waals surface area (Å²) < 4.78 is 5.22. The van der Waals surface area contributed by atoms with E-state index in [-0.39, 0.29) is 0 Å². The molecule has 8 heavy (non-hydrogen) atoms. The number of allylic oxidation sites excluding steroid dienone is 1. The van der Waals surface area contributed by atoms with E-state index in [0.29, 0.717) is 5.92 Å². The molecule has 1 aliphatic rings. The van der Waals surface area contributed by atoms with Crippen LogP contribution < -0.4 is 0 Å². The molecule has 0 aromatic rings. The normalized spacial score (nSPS) is 27.2. The third kappa shape index (κ3) is 1.03. The summed E-state index contributed by atoms with van der Waals surface area (Å²) in [7, 11) is 0. The molecule has 0 saturated heterocycles. The molecule has 0 N–H and O–H groups in total. The van der Waals surface area contributed by atoms with E-state index in [0.717, 1.165) is 12.4 Å². The van der Waals surface area contributed by atoms with E-state index >= 15 is 0 Å². The van der Waals surface area contributed by atoms with E-state index in [4.69, 9.17) is 4.74 Å². The average Bonchev–Trinajstić information content (AvgIpc) is 2.14. The van der Waals surface area contributed by atoms with Gasteiger partial charge in [-0.05, 0) is 19.4 Å². The van der Waals surface area contributed by atoms with Crippen molar-refractivity contribution >= 4 is 0 Å². The molecule has 0 unspecified atom stereocenters. The highest BCUT2D eigenvalue weighted by Crippen LogP contribution is 2.17. The van der Waals surface area contributed by atoms with Gasteiger partial charge in [0, 0.05) is 5.92 Å². The van der Waals surface area contributed by atoms with Crippen LogP contribution in [0.2, 0.25) is 0 Å². The van der Waals surface area contributed by atoms with E-state index in [1.807, 2.05) is 6.92 Å². The van der Waals surface area contributed by atoms with Gasteiger partial charge in [-0.15, -0.1) is 0 Å². The lowest BCUT2D eigenvalue weighted by atomic mass is 10.1. The number of hydrogen-bond acceptors (Lipinski definition) is 1. The Morgan fingerprint density at radius 2 is 2.62 bits per heavy atom. The van der Waals surface area contributed by atoms with E-state index in [1.165, 1.54) is 6.42 Å². The summed E-state index contributed by atoms with van der Waals surface area (Å²) in [6.07, 6.45) is 3.40. The van der Waals surface area contributed by atoms with E-state index in [1.54, 1.807) is 0 Å². The van der Waals surface area contributed by atoms with Gasteiger partial charge in [0.1, 0.15) is 0 Å². The van der Waals surface area contributed by atoms with E-state index in [9.17, 15) is 0 Å². The summed E-state index contributed by atoms with van der Waals surface area (Å²) >= 11 is 0. The number of rotatable bonds is 1. The molecule has 1 heteroatoms. The maximum Gasteiger partial charge on any atom is 0.0940 e. The maximum absolute atomic E-state index is 5.22. The maximum atomic E-state index is 5.22. The number of hydrogen-bond donors (Lipinski definition) is 0. The molecule has 1 heterocycles. The fourth-order valence-corrected chi connectivity index (χ4v) is 0.902. The second-order valence-corrected chi connectivity index (χ2v) is 2.26. The molecule has 0 amide bonds. The SMILES string of the molecule is CC[C@H]1C=C(C)OC1. The first-order valence-electron chi connectivity index (χ1n) is 3.14. The van der Waals surface area contributed by atoms with Crippen LogP contribution in [-0.4, -0.2) is 6.61 Å². The Bertz CT molecular complexity index is 105. The molecule has 46 valence electrons. The minimum atomic E-state index is 0.690. The summed E-state index contributed by atoms with van der Waals surface area (Å²) in [6.45, 7) is 5.10. The molecule has 1 atom stereocenters. The van der Waals surface area contributed by atoms with Crippen LogP contribution in [0.5, 0.6) is 0 Å². The van der Waals surface area contributed by atoms with Crippen molar-refractivity contribution < 1.29 is 4.74 Å². The summed E-state index contributed by atoms with van der Waals surface area (Å²) in [5, 5.41) is 0. The van der Waals surface area contributed by atoms with E-state index < -0.39 is 0 Å². The van der Waals surface area contributed by atoms with Gasteiger partial charge >= 0.3 is 0 Å². The minimum absolute atomic E-state index is 0.690. The topological polar surface area (TPSA) is 9.23 Å². The highest BCUT2D eigenvalue weighted by Gasteiger charge is 2.10. The second kappa shape index (κ2) is 2.21. The van der Waals surface area contributed by atoms with Gasteiger partial charge in [0.2, 0.25) is 0 Å². The molecule has 0 aliphatic carbocycles. The van der Waals surface area contributed by atoms with Gasteiger partial charge in [0.25, 0.3) is 0 Å². The molecule has 0 spiro atoms. The van der Waals surface area contributed by atoms with Crippen LogP contribution >= 0.6 is 0 Å². The number of ether oxygens (including phenoxy) is 1. The molecular formula is C7H12O. The predicted molar refractivity (Wildman–Crippen MR) is 33.5 cm³/mol. The Hall–Kier alpha value is -0.460. The Morgan fingerprint density at radius 3 is 2.88 bits per heavy atom. The van der Waals surface area contributed by atoms with Gasteiger partial charge in [0.15, 0.2) is 0 Å². The van der Waals surface area contributed by atoms with Crippen molar-refractivity contribution in [2.24, 2.45) is 5.92 Å². The molecular weight excluding hydrogens is 100 g/mol. The van der Waals surface area contributed by atoms with Crippen LogP contribution in [0.1, 0.15) is 20.3 Å². The highest BCUT2D eigenvalue weighted by molar-refractivity contribution is 4.98. The van der Waals surface area contributed by atoms with Crippen molar-refractivity contribution in [3.63, 3.8) is 0 Å². The van der Waals surface area contributed by atoms with Crippen molar-refractivity contribution in [3.05, 3.63) is 11.8 Å². The third-order valence-electron chi connectivity index (χ3n) is 1.52. The van der Waals surface area contributed by atoms with Crippen LogP contribution in [-0.2, 0) is 4.74 Å². The van der Waals surface area contributed by atoms with Gasteiger partial charge in [-0.25, -0.2) is 0 Å². The lowest BCUT2D eigenvalue weighted by Gasteiger charge is -1.98. The van der Waals surface area contributed by atoms with Crippen LogP contribution in [0.4, 0.5) is 0 Å². The fraction of sp³-hybridized carbons (Fsp3) is 0.714. The van der Waals surface area contributed by atoms with E-state index in [2.05, 4.69) is 13.0 Å². The molecule has 0 saturated carbocycles. The van der Waals surface area contributed by atoms with Gasteiger partial charge < -0.3 is 4.74 Å². The first kappa shape index (κ1) is 5.67. The van der Waals surface area contributed by atoms with Gasteiger partial charge in [-0.2, -0.15) is 0 Å². The van der Waals surface area contributed by atoms with Crippen molar-refractivity contribution in [1.82, 2.24) is 0 Å². The Balaban J connectivity index is 2.41. The third-order valence-corrected chi connectivity index (χ3v) is 1.52. The average molecular weight is 112 g/mol. The molecule has 1 aliphatic heterocycles. The Morgan fingerprint density at radius 1 is 1.88 bits per heavy atom. The fourth-order valence-electron chi connectivity index (χ4n) is 0.902. The molecule has 0 radical (unpaired) electrons. The van der Waals surface area contributed by atoms with Crippen molar-refractivity contribution in [2.75, 3.05) is 6.61 Å². The van der Waals surface area contributed by atoms with Crippen LogP contribution in [0, 0.1) is 5.92 Å². The van der Waals surface area contributed by atoms with Gasteiger partial charge in [0.05, 0.1) is 12.4 Å². The molecule has 0 aromatic heterocycles. The van der Waals surface area contributed by atoms with Crippen molar-refractivity contribution in [2.45, 2.75) is 20.3 Å². The van der Waals surface area contributed by atoms with Crippen LogP contribution in [0.15, 0.2) is 11.8 Å². The summed E-state index contributed by atoms with van der Waals surface area (Å²) in [6, 6.07) is 0. The summed E-state index contributed by atoms with van der Waals surface area (Å²) in [5.74, 6) is 1.78. The zero-order valence-electron chi connectivity index (χ0n) is 5.48. The van der Waals surface area contributed by atoms with Crippen molar-refractivity contribution in [3.8, 4) is 0 Å². The van der Waals surface area contributed by atoms with Gasteiger partial charge in [-0.1, -0.05) is 6.92 Å². The zero-order valence-corrected chi connectivity index (χ0v) is 5.48. The first-order chi connectivity index (χ1) is 3.83. The second-order valence-electron chi connectivity index (χ2n) is 2.26. The Labute approximate surface area is 50.3 Å². The van der Waals surface area contributed by atoms with Gasteiger partial charge in [-0.3, -0.25) is 0 Å². The molecule has 0 bridgehead atoms. The Kier molecular flexibility index (Phi) is 1.56. The highest BCUT2D eigenvalue weighted by atomic mass is 16.5. The molecule has 0 fully saturated rings. The summed E-state index contributed by atoms with van der Waals surface area (Å²) in [5.41, 5.74) is 0. The van der Waals surface area contributed by atoms with Crippen LogP contribution in [0.3, 0.4) is 0 Å². The molecule has 0 aromatic carbocycles. The standard InChI is InChI=1S/C7H12O/c1-3-7-4-6(2)8-5-7/h4,7H,3,5H2,1-2H3/t7-/m0/s1. The lowest BCUT2D eigenvalue weighted by molar-refractivity contribution is 0.218. The summed E-state index contributed by atoms with van der Waals surface area (Å²) in [4.78, 5) is 0. The lowest BCUT2D eigenvalue weighted by Crippen LogP contribution is -1.94. The quantitative estimate of drug-likeness (QED) is 0.503. The van der Waals surface area contributed by atoms with Crippen molar-refractivity contribution in [1.29, 1.82) is 0 Å².